The number of hydrogen-bond acceptors (Lipinski definition) is 5. The summed E-state index contributed by atoms with van der Waals surface area (Å²) in [5.41, 5.74) is 0.294. The maximum atomic E-state index is 11.6. The molecule has 1 aromatic heterocycles. The molecule has 3 N–H and O–H groups in total. The topological polar surface area (TPSA) is 91.3 Å². The van der Waals surface area contributed by atoms with Gasteiger partial charge in [-0.15, -0.1) is 11.3 Å². The first-order chi connectivity index (χ1) is 8.13. The standard InChI is InChI=1S/C10H15N3O3S/c1-7(15)12-10-13-8(6-17-10)9(16)11-4-2-3-5-14/h6,14H,2-5H2,1H3,(H,11,16)(H,12,13,15). The zero-order chi connectivity index (χ0) is 12.7. The van der Waals surface area contributed by atoms with Crippen LogP contribution in [0.15, 0.2) is 5.38 Å². The van der Waals surface area contributed by atoms with E-state index in [2.05, 4.69) is 15.6 Å². The van der Waals surface area contributed by atoms with E-state index >= 15 is 0 Å². The van der Waals surface area contributed by atoms with Gasteiger partial charge >= 0.3 is 0 Å². The lowest BCUT2D eigenvalue weighted by Gasteiger charge is -2.01. The van der Waals surface area contributed by atoms with E-state index in [-0.39, 0.29) is 18.4 Å². The summed E-state index contributed by atoms with van der Waals surface area (Å²) in [6.07, 6.45) is 1.39. The minimum Gasteiger partial charge on any atom is -0.396 e. The highest BCUT2D eigenvalue weighted by Crippen LogP contribution is 2.14. The summed E-state index contributed by atoms with van der Waals surface area (Å²) < 4.78 is 0. The van der Waals surface area contributed by atoms with E-state index in [1.54, 1.807) is 5.38 Å². The van der Waals surface area contributed by atoms with Crippen molar-refractivity contribution in [3.63, 3.8) is 0 Å². The van der Waals surface area contributed by atoms with Crippen molar-refractivity contribution in [2.24, 2.45) is 0 Å². The lowest BCUT2D eigenvalue weighted by atomic mass is 10.3. The second-order valence-corrected chi connectivity index (χ2v) is 4.26. The van der Waals surface area contributed by atoms with Gasteiger partial charge in [-0.2, -0.15) is 0 Å². The summed E-state index contributed by atoms with van der Waals surface area (Å²) in [5.74, 6) is -0.481. The predicted molar refractivity (Wildman–Crippen MR) is 65.1 cm³/mol. The molecule has 0 aliphatic rings. The Kier molecular flexibility index (Phi) is 5.58. The van der Waals surface area contributed by atoms with Crippen molar-refractivity contribution in [3.05, 3.63) is 11.1 Å². The van der Waals surface area contributed by atoms with Crippen LogP contribution in [0.4, 0.5) is 5.13 Å². The Morgan fingerprint density at radius 3 is 2.88 bits per heavy atom. The number of carbonyl (C=O) groups excluding carboxylic acids is 2. The molecule has 0 spiro atoms. The number of rotatable bonds is 6. The van der Waals surface area contributed by atoms with Crippen LogP contribution in [0, 0.1) is 0 Å². The summed E-state index contributed by atoms with van der Waals surface area (Å²) >= 11 is 1.21. The van der Waals surface area contributed by atoms with E-state index in [4.69, 9.17) is 5.11 Å². The Labute approximate surface area is 103 Å². The number of nitrogens with zero attached hydrogens (tertiary/aromatic N) is 1. The molecular formula is C10H15N3O3S. The van der Waals surface area contributed by atoms with Crippen LogP contribution < -0.4 is 10.6 Å². The molecule has 0 bridgehead atoms. The first-order valence-electron chi connectivity index (χ1n) is 5.25. The van der Waals surface area contributed by atoms with E-state index in [1.807, 2.05) is 0 Å². The van der Waals surface area contributed by atoms with Gasteiger partial charge in [0.25, 0.3) is 5.91 Å². The van der Waals surface area contributed by atoms with Crippen molar-refractivity contribution < 1.29 is 14.7 Å². The molecule has 0 aliphatic carbocycles. The first kappa shape index (κ1) is 13.6. The van der Waals surface area contributed by atoms with E-state index in [0.29, 0.717) is 23.8 Å². The molecule has 0 aliphatic heterocycles. The highest BCUT2D eigenvalue weighted by molar-refractivity contribution is 7.14. The number of unbranched alkanes of at least 4 members (excludes halogenated alkanes) is 1. The van der Waals surface area contributed by atoms with E-state index < -0.39 is 0 Å². The molecule has 0 atom stereocenters. The maximum absolute atomic E-state index is 11.6. The van der Waals surface area contributed by atoms with Gasteiger partial charge in [0.2, 0.25) is 5.91 Å². The van der Waals surface area contributed by atoms with Crippen LogP contribution in [0.5, 0.6) is 0 Å². The predicted octanol–water partition coefficient (Wildman–Crippen LogP) is 0.604. The van der Waals surface area contributed by atoms with E-state index in [0.717, 1.165) is 6.42 Å². The molecule has 7 heteroatoms. The number of nitrogens with one attached hydrogen (secondary N) is 2. The minimum atomic E-state index is -0.268. The average molecular weight is 257 g/mol. The minimum absolute atomic E-state index is 0.124. The average Bonchev–Trinajstić information content (AvgIpc) is 2.71. The summed E-state index contributed by atoms with van der Waals surface area (Å²) in [4.78, 5) is 26.3. The highest BCUT2D eigenvalue weighted by atomic mass is 32.1. The number of amides is 2. The number of aliphatic hydroxyl groups excluding tert-OH is 1. The molecule has 94 valence electrons. The number of thiazole rings is 1. The Morgan fingerprint density at radius 1 is 1.47 bits per heavy atom. The van der Waals surface area contributed by atoms with Gasteiger partial charge in [-0.25, -0.2) is 4.98 Å². The number of hydrogen-bond donors (Lipinski definition) is 3. The monoisotopic (exact) mass is 257 g/mol. The van der Waals surface area contributed by atoms with Crippen molar-refractivity contribution >= 4 is 28.3 Å². The van der Waals surface area contributed by atoms with Crippen LogP contribution in [0.1, 0.15) is 30.3 Å². The quantitative estimate of drug-likeness (QED) is 0.651. The van der Waals surface area contributed by atoms with Crippen molar-refractivity contribution in [1.82, 2.24) is 10.3 Å². The fourth-order valence-corrected chi connectivity index (χ4v) is 1.85. The summed E-state index contributed by atoms with van der Waals surface area (Å²) in [6, 6.07) is 0. The van der Waals surface area contributed by atoms with Crippen molar-refractivity contribution in [3.8, 4) is 0 Å². The number of anilines is 1. The number of carbonyl (C=O) groups is 2. The Bertz CT molecular complexity index is 392. The molecule has 0 radical (unpaired) electrons. The fraction of sp³-hybridized carbons (Fsp3) is 0.500. The normalized spacial score (nSPS) is 10.0. The third-order valence-corrected chi connectivity index (χ3v) is 2.65. The van der Waals surface area contributed by atoms with Gasteiger partial charge in [-0.05, 0) is 12.8 Å². The zero-order valence-electron chi connectivity index (χ0n) is 9.52. The van der Waals surface area contributed by atoms with Crippen LogP contribution >= 0.6 is 11.3 Å². The van der Waals surface area contributed by atoms with Gasteiger partial charge in [-0.3, -0.25) is 9.59 Å². The van der Waals surface area contributed by atoms with Gasteiger partial charge in [0, 0.05) is 25.5 Å². The Morgan fingerprint density at radius 2 is 2.24 bits per heavy atom. The first-order valence-corrected chi connectivity index (χ1v) is 6.13. The van der Waals surface area contributed by atoms with Gasteiger partial charge in [-0.1, -0.05) is 0 Å². The van der Waals surface area contributed by atoms with E-state index in [9.17, 15) is 9.59 Å². The molecule has 2 amide bonds. The molecule has 0 fully saturated rings. The van der Waals surface area contributed by atoms with Crippen molar-refractivity contribution in [1.29, 1.82) is 0 Å². The summed E-state index contributed by atoms with van der Waals surface area (Å²) in [7, 11) is 0. The van der Waals surface area contributed by atoms with Crippen LogP contribution in [0.25, 0.3) is 0 Å². The lowest BCUT2D eigenvalue weighted by Crippen LogP contribution is -2.24. The zero-order valence-corrected chi connectivity index (χ0v) is 10.3. The van der Waals surface area contributed by atoms with Crippen LogP contribution in [0.2, 0.25) is 0 Å². The molecule has 0 saturated heterocycles. The van der Waals surface area contributed by atoms with Gasteiger partial charge in [0.1, 0.15) is 5.69 Å². The number of aromatic nitrogens is 1. The molecule has 0 unspecified atom stereocenters. The van der Waals surface area contributed by atoms with Crippen molar-refractivity contribution in [2.75, 3.05) is 18.5 Å². The maximum Gasteiger partial charge on any atom is 0.270 e. The molecule has 17 heavy (non-hydrogen) atoms. The van der Waals surface area contributed by atoms with Crippen LogP contribution in [-0.4, -0.2) is 35.1 Å². The molecule has 0 aromatic carbocycles. The third kappa shape index (κ3) is 4.92. The lowest BCUT2D eigenvalue weighted by molar-refractivity contribution is -0.114. The molecular weight excluding hydrogens is 242 g/mol. The second kappa shape index (κ2) is 6.97. The van der Waals surface area contributed by atoms with Crippen LogP contribution in [0.3, 0.4) is 0 Å². The molecule has 1 rings (SSSR count). The Balaban J connectivity index is 2.41. The Hall–Kier alpha value is -1.47. The van der Waals surface area contributed by atoms with Crippen molar-refractivity contribution in [2.45, 2.75) is 19.8 Å². The molecule has 6 nitrogen and oxygen atoms in total. The molecule has 1 heterocycles. The molecule has 1 aromatic rings. The van der Waals surface area contributed by atoms with E-state index in [1.165, 1.54) is 18.3 Å². The summed E-state index contributed by atoms with van der Waals surface area (Å²) in [6.45, 7) is 2.02. The van der Waals surface area contributed by atoms with Crippen LogP contribution in [-0.2, 0) is 4.79 Å². The third-order valence-electron chi connectivity index (χ3n) is 1.89. The largest absolute Gasteiger partial charge is 0.396 e. The smallest absolute Gasteiger partial charge is 0.270 e. The van der Waals surface area contributed by atoms with Gasteiger partial charge in [0.05, 0.1) is 0 Å². The summed E-state index contributed by atoms with van der Waals surface area (Å²) in [5, 5.41) is 15.8. The number of aliphatic hydroxyl groups is 1. The molecule has 0 saturated carbocycles. The van der Waals surface area contributed by atoms with Gasteiger partial charge in [0.15, 0.2) is 5.13 Å². The fourth-order valence-electron chi connectivity index (χ4n) is 1.12. The highest BCUT2D eigenvalue weighted by Gasteiger charge is 2.10. The second-order valence-electron chi connectivity index (χ2n) is 3.41. The SMILES string of the molecule is CC(=O)Nc1nc(C(=O)NCCCCO)cs1. The van der Waals surface area contributed by atoms with Gasteiger partial charge < -0.3 is 15.7 Å².